The van der Waals surface area contributed by atoms with Crippen LogP contribution in [0.3, 0.4) is 0 Å². The van der Waals surface area contributed by atoms with Gasteiger partial charge in [0.25, 0.3) is 0 Å². The number of Topliss-reactive ketones (excluding diaryl/α,β-unsaturated/α-hetero) is 1. The highest BCUT2D eigenvalue weighted by Crippen LogP contribution is 2.30. The van der Waals surface area contributed by atoms with Gasteiger partial charge in [0.15, 0.2) is 5.78 Å². The molecule has 2 aromatic carbocycles. The molecule has 0 spiro atoms. The molecule has 3 rings (SSSR count). The molecule has 96 valence electrons. The van der Waals surface area contributed by atoms with Crippen molar-refractivity contribution in [1.29, 1.82) is 0 Å². The molecule has 0 unspecified atom stereocenters. The molecule has 0 aliphatic carbocycles. The summed E-state index contributed by atoms with van der Waals surface area (Å²) < 4.78 is 0. The largest absolute Gasteiger partial charge is 0.398 e. The van der Waals surface area contributed by atoms with Crippen LogP contribution in [0.1, 0.15) is 28.4 Å². The van der Waals surface area contributed by atoms with Gasteiger partial charge in [-0.1, -0.05) is 24.3 Å². The SMILES string of the molecule is CC(=O)c1ccc(N2Cc3ccccc3C2)cc1N. The highest BCUT2D eigenvalue weighted by molar-refractivity contribution is 5.99. The molecule has 0 bridgehead atoms. The quantitative estimate of drug-likeness (QED) is 0.660. The van der Waals surface area contributed by atoms with Gasteiger partial charge in [0.1, 0.15) is 0 Å². The zero-order valence-corrected chi connectivity index (χ0v) is 10.9. The number of fused-ring (bicyclic) bond motifs is 1. The fraction of sp³-hybridized carbons (Fsp3) is 0.188. The van der Waals surface area contributed by atoms with Crippen LogP contribution < -0.4 is 10.6 Å². The predicted molar refractivity (Wildman–Crippen MR) is 77.2 cm³/mol. The topological polar surface area (TPSA) is 46.3 Å². The molecule has 3 heteroatoms. The summed E-state index contributed by atoms with van der Waals surface area (Å²) >= 11 is 0. The van der Waals surface area contributed by atoms with Gasteiger partial charge < -0.3 is 10.6 Å². The molecule has 1 aliphatic rings. The average molecular weight is 252 g/mol. The third kappa shape index (κ3) is 2.08. The second-order valence-electron chi connectivity index (χ2n) is 4.95. The molecule has 3 nitrogen and oxygen atoms in total. The predicted octanol–water partition coefficient (Wildman–Crippen LogP) is 2.99. The van der Waals surface area contributed by atoms with E-state index in [0.717, 1.165) is 18.8 Å². The minimum Gasteiger partial charge on any atom is -0.398 e. The number of nitrogen functional groups attached to an aromatic ring is 1. The maximum Gasteiger partial charge on any atom is 0.161 e. The molecule has 0 saturated carbocycles. The number of nitrogens with two attached hydrogens (primary N) is 1. The van der Waals surface area contributed by atoms with Crippen molar-refractivity contribution < 1.29 is 4.79 Å². The molecule has 19 heavy (non-hydrogen) atoms. The number of anilines is 2. The van der Waals surface area contributed by atoms with E-state index in [1.807, 2.05) is 18.2 Å². The van der Waals surface area contributed by atoms with Gasteiger partial charge in [0.2, 0.25) is 0 Å². The van der Waals surface area contributed by atoms with Crippen LogP contribution >= 0.6 is 0 Å². The van der Waals surface area contributed by atoms with E-state index in [4.69, 9.17) is 5.73 Å². The van der Waals surface area contributed by atoms with E-state index in [9.17, 15) is 4.79 Å². The molecule has 0 saturated heterocycles. The minimum atomic E-state index is 0.00811. The van der Waals surface area contributed by atoms with Gasteiger partial charge in [0.05, 0.1) is 0 Å². The van der Waals surface area contributed by atoms with Crippen molar-refractivity contribution in [3.63, 3.8) is 0 Å². The Morgan fingerprint density at radius 3 is 2.26 bits per heavy atom. The summed E-state index contributed by atoms with van der Waals surface area (Å²) in [4.78, 5) is 13.7. The molecule has 1 aliphatic heterocycles. The lowest BCUT2D eigenvalue weighted by Crippen LogP contribution is -2.15. The molecule has 2 aromatic rings. The average Bonchev–Trinajstić information content (AvgIpc) is 2.81. The summed E-state index contributed by atoms with van der Waals surface area (Å²) in [6.45, 7) is 3.33. The van der Waals surface area contributed by atoms with Gasteiger partial charge >= 0.3 is 0 Å². The summed E-state index contributed by atoms with van der Waals surface area (Å²) in [7, 11) is 0. The number of hydrogen-bond acceptors (Lipinski definition) is 3. The lowest BCUT2D eigenvalue weighted by Gasteiger charge is -2.18. The molecule has 0 atom stereocenters. The van der Waals surface area contributed by atoms with Crippen molar-refractivity contribution in [3.8, 4) is 0 Å². The molecular formula is C16H16N2O. The third-order valence-electron chi connectivity index (χ3n) is 3.62. The Morgan fingerprint density at radius 1 is 1.11 bits per heavy atom. The number of nitrogens with zero attached hydrogens (tertiary/aromatic N) is 1. The minimum absolute atomic E-state index is 0.00811. The zero-order chi connectivity index (χ0) is 13.4. The second kappa shape index (κ2) is 4.43. The van der Waals surface area contributed by atoms with Crippen LogP contribution in [0.2, 0.25) is 0 Å². The van der Waals surface area contributed by atoms with E-state index >= 15 is 0 Å². The first-order valence-corrected chi connectivity index (χ1v) is 6.37. The van der Waals surface area contributed by atoms with Crippen molar-refractivity contribution >= 4 is 17.2 Å². The Labute approximate surface area is 112 Å². The van der Waals surface area contributed by atoms with E-state index in [-0.39, 0.29) is 5.78 Å². The first-order chi connectivity index (χ1) is 9.15. The van der Waals surface area contributed by atoms with Crippen LogP contribution in [-0.4, -0.2) is 5.78 Å². The summed E-state index contributed by atoms with van der Waals surface area (Å²) in [5.74, 6) is 0.00811. The molecule has 0 fully saturated rings. The number of carbonyl (C=O) groups is 1. The fourth-order valence-electron chi connectivity index (χ4n) is 2.58. The summed E-state index contributed by atoms with van der Waals surface area (Å²) in [6, 6.07) is 14.1. The van der Waals surface area contributed by atoms with E-state index in [0.29, 0.717) is 11.3 Å². The highest BCUT2D eigenvalue weighted by Gasteiger charge is 2.19. The van der Waals surface area contributed by atoms with Gasteiger partial charge in [-0.15, -0.1) is 0 Å². The number of ketones is 1. The van der Waals surface area contributed by atoms with Crippen LogP contribution in [0.5, 0.6) is 0 Å². The standard InChI is InChI=1S/C16H16N2O/c1-11(19)15-7-6-14(8-16(15)17)18-9-12-4-2-3-5-13(12)10-18/h2-8H,9-10,17H2,1H3. The molecule has 0 amide bonds. The normalized spacial score (nSPS) is 13.4. The first-order valence-electron chi connectivity index (χ1n) is 6.37. The molecule has 0 aromatic heterocycles. The third-order valence-corrected chi connectivity index (χ3v) is 3.62. The zero-order valence-electron chi connectivity index (χ0n) is 10.9. The number of hydrogen-bond donors (Lipinski definition) is 1. The summed E-state index contributed by atoms with van der Waals surface area (Å²) in [5.41, 5.74) is 10.9. The van der Waals surface area contributed by atoms with Gasteiger partial charge in [-0.25, -0.2) is 0 Å². The Kier molecular flexibility index (Phi) is 2.75. The van der Waals surface area contributed by atoms with Crippen LogP contribution in [0.15, 0.2) is 42.5 Å². The first kappa shape index (κ1) is 11.8. The number of rotatable bonds is 2. The monoisotopic (exact) mass is 252 g/mol. The maximum absolute atomic E-state index is 11.4. The lowest BCUT2D eigenvalue weighted by atomic mass is 10.1. The lowest BCUT2D eigenvalue weighted by molar-refractivity contribution is 0.101. The van der Waals surface area contributed by atoms with Gasteiger partial charge in [-0.3, -0.25) is 4.79 Å². The second-order valence-corrected chi connectivity index (χ2v) is 4.95. The smallest absolute Gasteiger partial charge is 0.161 e. The highest BCUT2D eigenvalue weighted by atomic mass is 16.1. The molecule has 0 radical (unpaired) electrons. The van der Waals surface area contributed by atoms with E-state index in [1.54, 1.807) is 0 Å². The van der Waals surface area contributed by atoms with Crippen LogP contribution in [0, 0.1) is 0 Å². The fourth-order valence-corrected chi connectivity index (χ4v) is 2.58. The Morgan fingerprint density at radius 2 is 1.74 bits per heavy atom. The molecule has 1 heterocycles. The Balaban J connectivity index is 1.90. The Hall–Kier alpha value is -2.29. The summed E-state index contributed by atoms with van der Waals surface area (Å²) in [6.07, 6.45) is 0. The van der Waals surface area contributed by atoms with Crippen LogP contribution in [0.25, 0.3) is 0 Å². The van der Waals surface area contributed by atoms with E-state index in [1.165, 1.54) is 18.1 Å². The van der Waals surface area contributed by atoms with Crippen molar-refractivity contribution in [1.82, 2.24) is 0 Å². The van der Waals surface area contributed by atoms with Crippen LogP contribution in [0.4, 0.5) is 11.4 Å². The van der Waals surface area contributed by atoms with Gasteiger partial charge in [-0.2, -0.15) is 0 Å². The van der Waals surface area contributed by atoms with Crippen molar-refractivity contribution in [2.24, 2.45) is 0 Å². The number of benzene rings is 2. The van der Waals surface area contributed by atoms with Crippen LogP contribution in [-0.2, 0) is 13.1 Å². The van der Waals surface area contributed by atoms with Crippen molar-refractivity contribution in [2.45, 2.75) is 20.0 Å². The maximum atomic E-state index is 11.4. The summed E-state index contributed by atoms with van der Waals surface area (Å²) in [5, 5.41) is 0. The van der Waals surface area contributed by atoms with Gasteiger partial charge in [-0.05, 0) is 36.2 Å². The van der Waals surface area contributed by atoms with Gasteiger partial charge in [0, 0.05) is 30.0 Å². The van der Waals surface area contributed by atoms with Crippen molar-refractivity contribution in [2.75, 3.05) is 10.6 Å². The molecule has 2 N–H and O–H groups in total. The van der Waals surface area contributed by atoms with E-state index in [2.05, 4.69) is 29.2 Å². The van der Waals surface area contributed by atoms with E-state index < -0.39 is 0 Å². The molecular weight excluding hydrogens is 236 g/mol. The van der Waals surface area contributed by atoms with Crippen molar-refractivity contribution in [3.05, 3.63) is 59.2 Å². The Bertz CT molecular complexity index is 624. The number of carbonyl (C=O) groups excluding carboxylic acids is 1.